The van der Waals surface area contributed by atoms with Gasteiger partial charge < -0.3 is 4.42 Å². The monoisotopic (exact) mass is 290 g/mol. The van der Waals surface area contributed by atoms with E-state index in [1.807, 2.05) is 6.07 Å². The molecule has 0 N–H and O–H groups in total. The van der Waals surface area contributed by atoms with E-state index >= 15 is 0 Å². The minimum Gasteiger partial charge on any atom is -0.404 e. The fourth-order valence-corrected chi connectivity index (χ4v) is 3.09. The van der Waals surface area contributed by atoms with Crippen molar-refractivity contribution in [2.45, 2.75) is 13.7 Å². The summed E-state index contributed by atoms with van der Waals surface area (Å²) in [5.74, 6) is 4.16. The standard InChI is InChI=1S/C17H17BN3O/c1-12-6-7-15(20(3)11-12)21-17-14(8-9-18(21)2)13-5-4-10-19-16(13)22-17/h4-11H,1-3H3/q+1. The fourth-order valence-electron chi connectivity index (χ4n) is 3.09. The van der Waals surface area contributed by atoms with Crippen LogP contribution in [0.5, 0.6) is 0 Å². The molecule has 0 radical (unpaired) electrons. The van der Waals surface area contributed by atoms with E-state index in [0.717, 1.165) is 22.7 Å². The Kier molecular flexibility index (Phi) is 2.82. The number of aromatic nitrogens is 2. The Balaban J connectivity index is 1.96. The summed E-state index contributed by atoms with van der Waals surface area (Å²) in [7, 11) is 2.06. The summed E-state index contributed by atoms with van der Waals surface area (Å²) in [6.45, 7) is 4.49. The van der Waals surface area contributed by atoms with E-state index in [0.29, 0.717) is 5.71 Å². The van der Waals surface area contributed by atoms with E-state index < -0.39 is 0 Å². The van der Waals surface area contributed by atoms with Gasteiger partial charge in [0.1, 0.15) is 0 Å². The Morgan fingerprint density at radius 3 is 2.95 bits per heavy atom. The topological polar surface area (TPSA) is 33.2 Å². The van der Waals surface area contributed by atoms with Gasteiger partial charge in [-0.05, 0) is 37.5 Å². The van der Waals surface area contributed by atoms with Gasteiger partial charge in [0.15, 0.2) is 0 Å². The van der Waals surface area contributed by atoms with Gasteiger partial charge in [-0.1, -0.05) is 12.1 Å². The largest absolute Gasteiger partial charge is 0.405 e. The number of rotatable bonds is 1. The zero-order valence-corrected chi connectivity index (χ0v) is 12.9. The third-order valence-electron chi connectivity index (χ3n) is 4.15. The molecule has 1 aliphatic rings. The van der Waals surface area contributed by atoms with Crippen LogP contribution in [-0.4, -0.2) is 11.8 Å². The second-order valence-electron chi connectivity index (χ2n) is 5.82. The van der Waals surface area contributed by atoms with E-state index in [1.165, 1.54) is 5.56 Å². The number of anilines is 2. The molecule has 3 aromatic heterocycles. The zero-order chi connectivity index (χ0) is 15.3. The van der Waals surface area contributed by atoms with Crippen LogP contribution in [0.1, 0.15) is 11.1 Å². The second-order valence-corrected chi connectivity index (χ2v) is 5.82. The first-order valence-electron chi connectivity index (χ1n) is 7.46. The predicted molar refractivity (Wildman–Crippen MR) is 89.2 cm³/mol. The van der Waals surface area contributed by atoms with Crippen molar-refractivity contribution in [2.24, 2.45) is 7.05 Å². The highest BCUT2D eigenvalue weighted by Gasteiger charge is 2.37. The minimum atomic E-state index is 0.224. The van der Waals surface area contributed by atoms with E-state index in [2.05, 4.69) is 71.6 Å². The van der Waals surface area contributed by atoms with E-state index in [1.54, 1.807) is 6.20 Å². The van der Waals surface area contributed by atoms with Crippen molar-refractivity contribution in [1.29, 1.82) is 0 Å². The van der Waals surface area contributed by atoms with Crippen molar-refractivity contribution in [1.82, 2.24) is 4.98 Å². The lowest BCUT2D eigenvalue weighted by molar-refractivity contribution is -0.658. The van der Waals surface area contributed by atoms with Gasteiger partial charge in [0.2, 0.25) is 5.71 Å². The first-order valence-corrected chi connectivity index (χ1v) is 7.46. The number of hydrogen-bond acceptors (Lipinski definition) is 3. The fraction of sp³-hybridized carbons (Fsp3) is 0.176. The SMILES string of the molecule is CB1C=Cc2c(oc3ncccc23)N1c1ccc(C)c[n+]1C. The highest BCUT2D eigenvalue weighted by molar-refractivity contribution is 6.69. The van der Waals surface area contributed by atoms with Crippen LogP contribution in [0.25, 0.3) is 17.2 Å². The number of nitrogens with zero attached hydrogens (tertiary/aromatic N) is 3. The van der Waals surface area contributed by atoms with Gasteiger partial charge in [0.25, 0.3) is 11.7 Å². The molecule has 3 aromatic rings. The van der Waals surface area contributed by atoms with Gasteiger partial charge in [-0.3, -0.25) is 4.81 Å². The lowest BCUT2D eigenvalue weighted by Gasteiger charge is -2.22. The van der Waals surface area contributed by atoms with Gasteiger partial charge >= 0.3 is 6.85 Å². The maximum atomic E-state index is 6.06. The van der Waals surface area contributed by atoms with Crippen LogP contribution in [0, 0.1) is 6.92 Å². The summed E-state index contributed by atoms with van der Waals surface area (Å²) in [5, 5.41) is 1.06. The maximum Gasteiger partial charge on any atom is 0.405 e. The maximum absolute atomic E-state index is 6.06. The van der Waals surface area contributed by atoms with Gasteiger partial charge in [0, 0.05) is 12.3 Å². The van der Waals surface area contributed by atoms with Crippen LogP contribution in [0.2, 0.25) is 6.82 Å². The molecule has 1 aliphatic heterocycles. The molecule has 0 saturated carbocycles. The van der Waals surface area contributed by atoms with Crippen molar-refractivity contribution >= 4 is 35.7 Å². The molecule has 4 nitrogen and oxygen atoms in total. The molecular weight excluding hydrogens is 273 g/mol. The van der Waals surface area contributed by atoms with Crippen molar-refractivity contribution < 1.29 is 8.98 Å². The van der Waals surface area contributed by atoms with E-state index in [4.69, 9.17) is 4.42 Å². The van der Waals surface area contributed by atoms with E-state index in [9.17, 15) is 0 Å². The Morgan fingerprint density at radius 1 is 1.27 bits per heavy atom. The number of pyridine rings is 2. The molecule has 108 valence electrons. The van der Waals surface area contributed by atoms with Gasteiger partial charge in [0.05, 0.1) is 24.2 Å². The average molecular weight is 290 g/mol. The van der Waals surface area contributed by atoms with Gasteiger partial charge in [-0.2, -0.15) is 0 Å². The Bertz CT molecular complexity index is 900. The highest BCUT2D eigenvalue weighted by atomic mass is 16.4. The quantitative estimate of drug-likeness (QED) is 0.509. The summed E-state index contributed by atoms with van der Waals surface area (Å²) >= 11 is 0. The van der Waals surface area contributed by atoms with E-state index in [-0.39, 0.29) is 6.85 Å². The zero-order valence-electron chi connectivity index (χ0n) is 12.9. The summed E-state index contributed by atoms with van der Waals surface area (Å²) in [6.07, 6.45) is 6.03. The van der Waals surface area contributed by atoms with Gasteiger partial charge in [-0.25, -0.2) is 9.55 Å². The third-order valence-corrected chi connectivity index (χ3v) is 4.15. The molecule has 0 unspecified atom stereocenters. The van der Waals surface area contributed by atoms with Gasteiger partial charge in [-0.15, -0.1) is 0 Å². The molecule has 5 heteroatoms. The Morgan fingerprint density at radius 2 is 2.14 bits per heavy atom. The Labute approximate surface area is 129 Å². The molecular formula is C17H17BN3O+. The van der Waals surface area contributed by atoms with Crippen LogP contribution in [-0.2, 0) is 7.05 Å². The third kappa shape index (κ3) is 1.85. The summed E-state index contributed by atoms with van der Waals surface area (Å²) in [6, 6.07) is 8.26. The highest BCUT2D eigenvalue weighted by Crippen LogP contribution is 2.38. The molecule has 0 spiro atoms. The molecule has 0 bridgehead atoms. The van der Waals surface area contributed by atoms with Crippen LogP contribution >= 0.6 is 0 Å². The second kappa shape index (κ2) is 4.73. The molecule has 0 aromatic carbocycles. The molecule has 0 amide bonds. The Hall–Kier alpha value is -2.56. The molecule has 0 saturated heterocycles. The number of aryl methyl sites for hydroxylation is 2. The normalized spacial score (nSPS) is 13.8. The van der Waals surface area contributed by atoms with Crippen LogP contribution in [0.4, 0.5) is 11.7 Å². The summed E-state index contributed by atoms with van der Waals surface area (Å²) < 4.78 is 8.20. The molecule has 4 heterocycles. The average Bonchev–Trinajstić information content (AvgIpc) is 2.87. The molecule has 0 atom stereocenters. The first-order chi connectivity index (χ1) is 10.6. The minimum absolute atomic E-state index is 0.224. The number of fused-ring (bicyclic) bond motifs is 3. The lowest BCUT2D eigenvalue weighted by Crippen LogP contribution is -2.43. The lowest BCUT2D eigenvalue weighted by atomic mass is 9.61. The van der Waals surface area contributed by atoms with Crippen molar-refractivity contribution in [3.05, 3.63) is 53.8 Å². The molecule has 0 aliphatic carbocycles. The van der Waals surface area contributed by atoms with Crippen molar-refractivity contribution in [2.75, 3.05) is 4.81 Å². The summed E-state index contributed by atoms with van der Waals surface area (Å²) in [5.41, 5.74) is 3.02. The first kappa shape index (κ1) is 13.1. The summed E-state index contributed by atoms with van der Waals surface area (Å²) in [4.78, 5) is 6.56. The van der Waals surface area contributed by atoms with Crippen molar-refractivity contribution in [3.8, 4) is 0 Å². The number of hydrogen-bond donors (Lipinski definition) is 0. The predicted octanol–water partition coefficient (Wildman–Crippen LogP) is 3.29. The van der Waals surface area contributed by atoms with Crippen LogP contribution in [0.15, 0.2) is 47.1 Å². The molecule has 4 rings (SSSR count). The van der Waals surface area contributed by atoms with Crippen molar-refractivity contribution in [3.63, 3.8) is 0 Å². The molecule has 0 fully saturated rings. The molecule has 22 heavy (non-hydrogen) atoms. The number of furan rings is 1. The smallest absolute Gasteiger partial charge is 0.404 e. The van der Waals surface area contributed by atoms with Crippen LogP contribution in [0.3, 0.4) is 0 Å². The van der Waals surface area contributed by atoms with Crippen LogP contribution < -0.4 is 9.38 Å².